The van der Waals surface area contributed by atoms with Crippen molar-refractivity contribution in [1.82, 2.24) is 4.90 Å². The zero-order chi connectivity index (χ0) is 19.6. The maximum atomic E-state index is 13.0. The van der Waals surface area contributed by atoms with Crippen LogP contribution in [0.25, 0.3) is 0 Å². The summed E-state index contributed by atoms with van der Waals surface area (Å²) in [5.41, 5.74) is 1.75. The fourth-order valence-electron chi connectivity index (χ4n) is 3.13. The summed E-state index contributed by atoms with van der Waals surface area (Å²) in [6.07, 6.45) is 0.199. The van der Waals surface area contributed by atoms with E-state index in [9.17, 15) is 14.4 Å². The number of rotatable bonds is 3. The molecule has 0 saturated heterocycles. The second-order valence-corrected chi connectivity index (χ2v) is 7.47. The molecule has 1 atom stereocenters. The van der Waals surface area contributed by atoms with Crippen LogP contribution in [0.2, 0.25) is 0 Å². The number of benzene rings is 2. The Bertz CT molecular complexity index is 882. The molecule has 0 fully saturated rings. The van der Waals surface area contributed by atoms with E-state index >= 15 is 0 Å². The SMILES string of the molecule is C[C@H]1CC(=O)Nc2ccccc2N1C(=O)CN(C)C(=O)c1ccc(Br)cc1. The Kier molecular flexibility index (Phi) is 5.60. The van der Waals surface area contributed by atoms with Crippen molar-refractivity contribution >= 4 is 45.0 Å². The van der Waals surface area contributed by atoms with E-state index in [1.807, 2.05) is 13.0 Å². The van der Waals surface area contributed by atoms with E-state index in [4.69, 9.17) is 0 Å². The topological polar surface area (TPSA) is 69.7 Å². The molecule has 7 heteroatoms. The Morgan fingerprint density at radius 3 is 2.56 bits per heavy atom. The van der Waals surface area contributed by atoms with Gasteiger partial charge >= 0.3 is 0 Å². The van der Waals surface area contributed by atoms with Crippen molar-refractivity contribution in [2.45, 2.75) is 19.4 Å². The number of nitrogens with one attached hydrogen (secondary N) is 1. The number of carbonyl (C=O) groups excluding carboxylic acids is 3. The fourth-order valence-corrected chi connectivity index (χ4v) is 3.40. The normalized spacial score (nSPS) is 16.2. The van der Waals surface area contributed by atoms with Gasteiger partial charge in [-0.1, -0.05) is 28.1 Å². The molecule has 140 valence electrons. The van der Waals surface area contributed by atoms with E-state index in [0.717, 1.165) is 4.47 Å². The summed E-state index contributed by atoms with van der Waals surface area (Å²) in [5, 5.41) is 2.83. The van der Waals surface area contributed by atoms with Gasteiger partial charge < -0.3 is 15.1 Å². The van der Waals surface area contributed by atoms with Crippen LogP contribution in [0.4, 0.5) is 11.4 Å². The molecule has 1 aliphatic rings. The lowest BCUT2D eigenvalue weighted by molar-refractivity contribution is -0.119. The Balaban J connectivity index is 1.81. The standard InChI is InChI=1S/C20H20BrN3O3/c1-13-11-18(25)22-16-5-3-4-6-17(16)24(13)19(26)12-23(2)20(27)14-7-9-15(21)10-8-14/h3-10,13H,11-12H2,1-2H3,(H,22,25)/t13-/m0/s1. The Morgan fingerprint density at radius 1 is 1.19 bits per heavy atom. The molecular weight excluding hydrogens is 410 g/mol. The maximum Gasteiger partial charge on any atom is 0.254 e. The molecule has 2 aromatic carbocycles. The van der Waals surface area contributed by atoms with E-state index in [0.29, 0.717) is 16.9 Å². The van der Waals surface area contributed by atoms with Crippen LogP contribution in [-0.4, -0.2) is 42.3 Å². The molecule has 27 heavy (non-hydrogen) atoms. The summed E-state index contributed by atoms with van der Waals surface area (Å²) in [5.74, 6) is -0.607. The minimum absolute atomic E-state index is 0.0816. The van der Waals surface area contributed by atoms with Crippen LogP contribution < -0.4 is 10.2 Å². The number of amides is 3. The maximum absolute atomic E-state index is 13.0. The van der Waals surface area contributed by atoms with Crippen molar-refractivity contribution < 1.29 is 14.4 Å². The van der Waals surface area contributed by atoms with Gasteiger partial charge in [-0.2, -0.15) is 0 Å². The van der Waals surface area contributed by atoms with Gasteiger partial charge in [-0.3, -0.25) is 14.4 Å². The average Bonchev–Trinajstić information content (AvgIpc) is 2.75. The number of hydrogen-bond donors (Lipinski definition) is 1. The second kappa shape index (κ2) is 7.92. The molecule has 1 aliphatic heterocycles. The third kappa shape index (κ3) is 4.19. The summed E-state index contributed by atoms with van der Waals surface area (Å²) in [6, 6.07) is 13.9. The van der Waals surface area contributed by atoms with Gasteiger partial charge in [0.05, 0.1) is 11.4 Å². The highest BCUT2D eigenvalue weighted by atomic mass is 79.9. The van der Waals surface area contributed by atoms with Crippen molar-refractivity contribution in [2.24, 2.45) is 0 Å². The third-order valence-corrected chi connectivity index (χ3v) is 4.97. The van der Waals surface area contributed by atoms with Crippen LogP contribution in [0, 0.1) is 0 Å². The van der Waals surface area contributed by atoms with E-state index in [2.05, 4.69) is 21.2 Å². The van der Waals surface area contributed by atoms with Crippen LogP contribution in [-0.2, 0) is 9.59 Å². The van der Waals surface area contributed by atoms with Crippen LogP contribution >= 0.6 is 15.9 Å². The Morgan fingerprint density at radius 2 is 1.85 bits per heavy atom. The van der Waals surface area contributed by atoms with Crippen molar-refractivity contribution in [2.75, 3.05) is 23.8 Å². The van der Waals surface area contributed by atoms with Crippen LogP contribution in [0.3, 0.4) is 0 Å². The quantitative estimate of drug-likeness (QED) is 0.813. The van der Waals surface area contributed by atoms with Gasteiger partial charge in [-0.25, -0.2) is 0 Å². The first-order chi connectivity index (χ1) is 12.9. The highest BCUT2D eigenvalue weighted by Gasteiger charge is 2.30. The number of anilines is 2. The molecule has 0 saturated carbocycles. The highest BCUT2D eigenvalue weighted by molar-refractivity contribution is 9.10. The van der Waals surface area contributed by atoms with E-state index in [1.54, 1.807) is 54.4 Å². The molecule has 0 spiro atoms. The monoisotopic (exact) mass is 429 g/mol. The van der Waals surface area contributed by atoms with Gasteiger partial charge in [-0.15, -0.1) is 0 Å². The van der Waals surface area contributed by atoms with Gasteiger partial charge in [0.1, 0.15) is 6.54 Å². The molecular formula is C20H20BrN3O3. The van der Waals surface area contributed by atoms with Gasteiger partial charge in [-0.05, 0) is 43.3 Å². The number of nitrogens with zero attached hydrogens (tertiary/aromatic N) is 2. The van der Waals surface area contributed by atoms with Gasteiger partial charge in [0.15, 0.2) is 0 Å². The summed E-state index contributed by atoms with van der Waals surface area (Å²) < 4.78 is 0.880. The van der Waals surface area contributed by atoms with E-state index in [1.165, 1.54) is 4.90 Å². The van der Waals surface area contributed by atoms with Crippen LogP contribution in [0.15, 0.2) is 53.0 Å². The van der Waals surface area contributed by atoms with E-state index in [-0.39, 0.29) is 36.7 Å². The molecule has 1 N–H and O–H groups in total. The molecule has 0 aromatic heterocycles. The Labute approximate surface area is 166 Å². The predicted molar refractivity (Wildman–Crippen MR) is 108 cm³/mol. The summed E-state index contributed by atoms with van der Waals surface area (Å²) >= 11 is 3.34. The molecule has 1 heterocycles. The second-order valence-electron chi connectivity index (χ2n) is 6.55. The van der Waals surface area contributed by atoms with Crippen molar-refractivity contribution in [3.63, 3.8) is 0 Å². The summed E-state index contributed by atoms with van der Waals surface area (Å²) in [6.45, 7) is 1.75. The molecule has 0 unspecified atom stereocenters. The van der Waals surface area contributed by atoms with Gasteiger partial charge in [0.25, 0.3) is 5.91 Å². The minimum Gasteiger partial charge on any atom is -0.332 e. The first kappa shape index (κ1) is 19.1. The number of hydrogen-bond acceptors (Lipinski definition) is 3. The van der Waals surface area contributed by atoms with E-state index < -0.39 is 0 Å². The molecule has 2 aromatic rings. The molecule has 0 bridgehead atoms. The number of fused-ring (bicyclic) bond motifs is 1. The van der Waals surface area contributed by atoms with Gasteiger partial charge in [0.2, 0.25) is 11.8 Å². The summed E-state index contributed by atoms with van der Waals surface area (Å²) in [4.78, 5) is 40.6. The molecule has 6 nitrogen and oxygen atoms in total. The van der Waals surface area contributed by atoms with Crippen LogP contribution in [0.1, 0.15) is 23.7 Å². The largest absolute Gasteiger partial charge is 0.332 e. The number of carbonyl (C=O) groups is 3. The average molecular weight is 430 g/mol. The first-order valence-electron chi connectivity index (χ1n) is 8.59. The smallest absolute Gasteiger partial charge is 0.254 e. The zero-order valence-corrected chi connectivity index (χ0v) is 16.7. The third-order valence-electron chi connectivity index (χ3n) is 4.44. The van der Waals surface area contributed by atoms with Crippen LogP contribution in [0.5, 0.6) is 0 Å². The predicted octanol–water partition coefficient (Wildman–Crippen LogP) is 3.29. The lowest BCUT2D eigenvalue weighted by atomic mass is 10.1. The number of para-hydroxylation sites is 2. The molecule has 0 radical (unpaired) electrons. The number of likely N-dealkylation sites (N-methyl/N-ethyl adjacent to an activating group) is 1. The van der Waals surface area contributed by atoms with Crippen molar-refractivity contribution in [3.8, 4) is 0 Å². The Hall–Kier alpha value is -2.67. The zero-order valence-electron chi connectivity index (χ0n) is 15.1. The lowest BCUT2D eigenvalue weighted by Crippen LogP contribution is -2.45. The van der Waals surface area contributed by atoms with Crippen molar-refractivity contribution in [3.05, 3.63) is 58.6 Å². The molecule has 3 amide bonds. The van der Waals surface area contributed by atoms with Crippen molar-refractivity contribution in [1.29, 1.82) is 0 Å². The minimum atomic E-state index is -0.308. The van der Waals surface area contributed by atoms with Gasteiger partial charge in [0, 0.05) is 29.5 Å². The fraction of sp³-hybridized carbons (Fsp3) is 0.250. The molecule has 0 aliphatic carbocycles. The number of halogens is 1. The molecule has 3 rings (SSSR count). The lowest BCUT2D eigenvalue weighted by Gasteiger charge is -2.29. The first-order valence-corrected chi connectivity index (χ1v) is 9.38. The summed E-state index contributed by atoms with van der Waals surface area (Å²) in [7, 11) is 1.60. The highest BCUT2D eigenvalue weighted by Crippen LogP contribution is 2.31.